The third kappa shape index (κ3) is 7.02. The number of hydrogen-bond donors (Lipinski definition) is 3. The fourth-order valence-electron chi connectivity index (χ4n) is 3.53. The molecule has 3 rings (SSSR count). The van der Waals surface area contributed by atoms with Crippen LogP contribution in [0.4, 0.5) is 0 Å². The second kappa shape index (κ2) is 11.8. The lowest BCUT2D eigenvalue weighted by Crippen LogP contribution is -2.52. The highest BCUT2D eigenvalue weighted by Crippen LogP contribution is 2.36. The fourth-order valence-corrected chi connectivity index (χ4v) is 3.80. The van der Waals surface area contributed by atoms with E-state index >= 15 is 0 Å². The van der Waals surface area contributed by atoms with Crippen molar-refractivity contribution in [2.24, 2.45) is 5.41 Å². The molecule has 0 aromatic heterocycles. The Morgan fingerprint density at radius 3 is 2.47 bits per heavy atom. The maximum Gasteiger partial charge on any atom is 0.249 e. The van der Waals surface area contributed by atoms with Crippen molar-refractivity contribution in [3.05, 3.63) is 64.1 Å². The van der Waals surface area contributed by atoms with Crippen molar-refractivity contribution < 1.29 is 28.9 Å². The lowest BCUT2D eigenvalue weighted by atomic mass is 9.85. The standard InChI is InChI=1S/C25H31BrN2O6/c1-25(2)15-33-24(17-6-10-19(32-3)11-7-17)34-21(25)23(31)27-13-12-20(29)22(30)28-14-16-4-8-18(26)9-5-16/h4-11,20-21,24,29H,12-15H2,1-3H3,(H,27,31)(H,28,30)/t20?,21-,24?/m0/s1. The quantitative estimate of drug-likeness (QED) is 0.456. The van der Waals surface area contributed by atoms with Crippen molar-refractivity contribution in [3.8, 4) is 5.75 Å². The first-order valence-electron chi connectivity index (χ1n) is 11.1. The Bertz CT molecular complexity index is 964. The first-order chi connectivity index (χ1) is 16.2. The van der Waals surface area contributed by atoms with Crippen molar-refractivity contribution in [1.82, 2.24) is 10.6 Å². The monoisotopic (exact) mass is 534 g/mol. The smallest absolute Gasteiger partial charge is 0.249 e. The fraction of sp³-hybridized carbons (Fsp3) is 0.440. The van der Waals surface area contributed by atoms with Gasteiger partial charge in [0, 0.05) is 28.5 Å². The summed E-state index contributed by atoms with van der Waals surface area (Å²) in [5.41, 5.74) is 1.16. The molecule has 2 amide bonds. The van der Waals surface area contributed by atoms with Crippen molar-refractivity contribution in [1.29, 1.82) is 0 Å². The van der Waals surface area contributed by atoms with Crippen LogP contribution in [-0.2, 0) is 25.6 Å². The van der Waals surface area contributed by atoms with Gasteiger partial charge in [-0.2, -0.15) is 0 Å². The van der Waals surface area contributed by atoms with Gasteiger partial charge >= 0.3 is 0 Å². The van der Waals surface area contributed by atoms with Gasteiger partial charge in [0.2, 0.25) is 11.8 Å². The minimum absolute atomic E-state index is 0.0868. The second-order valence-electron chi connectivity index (χ2n) is 8.86. The number of aliphatic hydroxyl groups excluding tert-OH is 1. The Balaban J connectivity index is 1.47. The summed E-state index contributed by atoms with van der Waals surface area (Å²) in [5.74, 6) is -0.0812. The molecule has 3 N–H and O–H groups in total. The number of methoxy groups -OCH3 is 1. The van der Waals surface area contributed by atoms with Crippen LogP contribution in [0.1, 0.15) is 37.7 Å². The van der Waals surface area contributed by atoms with Crippen molar-refractivity contribution in [2.75, 3.05) is 20.3 Å². The summed E-state index contributed by atoms with van der Waals surface area (Å²) >= 11 is 3.36. The van der Waals surface area contributed by atoms with E-state index in [2.05, 4.69) is 26.6 Å². The summed E-state index contributed by atoms with van der Waals surface area (Å²) in [5, 5.41) is 15.6. The van der Waals surface area contributed by atoms with Gasteiger partial charge in [0.15, 0.2) is 6.29 Å². The van der Waals surface area contributed by atoms with E-state index in [4.69, 9.17) is 14.2 Å². The summed E-state index contributed by atoms with van der Waals surface area (Å²) in [6.45, 7) is 4.57. The van der Waals surface area contributed by atoms with E-state index in [0.717, 1.165) is 15.6 Å². The number of hydrogen-bond acceptors (Lipinski definition) is 6. The lowest BCUT2D eigenvalue weighted by molar-refractivity contribution is -0.258. The highest BCUT2D eigenvalue weighted by atomic mass is 79.9. The van der Waals surface area contributed by atoms with E-state index < -0.39 is 29.8 Å². The average Bonchev–Trinajstić information content (AvgIpc) is 2.83. The van der Waals surface area contributed by atoms with Crippen LogP contribution in [0.15, 0.2) is 53.0 Å². The predicted octanol–water partition coefficient (Wildman–Crippen LogP) is 3.08. The van der Waals surface area contributed by atoms with Crippen LogP contribution in [0.3, 0.4) is 0 Å². The van der Waals surface area contributed by atoms with Crippen molar-refractivity contribution in [2.45, 2.75) is 45.3 Å². The second-order valence-corrected chi connectivity index (χ2v) is 9.78. The number of ether oxygens (including phenoxy) is 3. The normalized spacial score (nSPS) is 20.3. The van der Waals surface area contributed by atoms with Crippen LogP contribution < -0.4 is 15.4 Å². The molecule has 0 bridgehead atoms. The molecule has 0 spiro atoms. The minimum atomic E-state index is -1.23. The van der Waals surface area contributed by atoms with Gasteiger partial charge < -0.3 is 30.0 Å². The lowest BCUT2D eigenvalue weighted by Gasteiger charge is -2.41. The number of nitrogens with one attached hydrogen (secondary N) is 2. The molecule has 184 valence electrons. The van der Waals surface area contributed by atoms with Gasteiger partial charge in [-0.15, -0.1) is 0 Å². The molecule has 2 aromatic carbocycles. The Hall–Kier alpha value is -2.46. The van der Waals surface area contributed by atoms with Crippen molar-refractivity contribution >= 4 is 27.7 Å². The Morgan fingerprint density at radius 1 is 1.15 bits per heavy atom. The third-order valence-electron chi connectivity index (χ3n) is 5.60. The average molecular weight is 535 g/mol. The van der Waals surface area contributed by atoms with E-state index in [9.17, 15) is 14.7 Å². The number of amides is 2. The van der Waals surface area contributed by atoms with Gasteiger partial charge in [0.25, 0.3) is 0 Å². The summed E-state index contributed by atoms with van der Waals surface area (Å²) in [4.78, 5) is 25.1. The molecule has 1 aliphatic heterocycles. The number of carbonyl (C=O) groups excluding carboxylic acids is 2. The molecule has 9 heteroatoms. The largest absolute Gasteiger partial charge is 0.497 e. The maximum atomic E-state index is 12.9. The summed E-state index contributed by atoms with van der Waals surface area (Å²) in [7, 11) is 1.59. The molecule has 0 saturated carbocycles. The van der Waals surface area contributed by atoms with Crippen LogP contribution in [0, 0.1) is 5.41 Å². The number of carbonyl (C=O) groups is 2. The van der Waals surface area contributed by atoms with Crippen LogP contribution >= 0.6 is 15.9 Å². The van der Waals surface area contributed by atoms with Gasteiger partial charge in [0.05, 0.1) is 13.7 Å². The molecule has 8 nitrogen and oxygen atoms in total. The molecule has 1 saturated heterocycles. The predicted molar refractivity (Wildman–Crippen MR) is 130 cm³/mol. The Labute approximate surface area is 208 Å². The molecule has 3 atom stereocenters. The zero-order valence-electron chi connectivity index (χ0n) is 19.5. The summed E-state index contributed by atoms with van der Waals surface area (Å²) in [6, 6.07) is 14.8. The van der Waals surface area contributed by atoms with Crippen LogP contribution in [0.25, 0.3) is 0 Å². The van der Waals surface area contributed by atoms with E-state index in [1.807, 2.05) is 50.2 Å². The van der Waals surface area contributed by atoms with Crippen molar-refractivity contribution in [3.63, 3.8) is 0 Å². The minimum Gasteiger partial charge on any atom is -0.497 e. The molecule has 2 unspecified atom stereocenters. The molecular weight excluding hydrogens is 504 g/mol. The zero-order chi connectivity index (χ0) is 24.7. The van der Waals surface area contributed by atoms with Crippen LogP contribution in [0.5, 0.6) is 5.75 Å². The summed E-state index contributed by atoms with van der Waals surface area (Å²) in [6.07, 6.45) is -2.57. The number of benzene rings is 2. The van der Waals surface area contributed by atoms with Gasteiger partial charge in [-0.05, 0) is 36.2 Å². The molecule has 1 heterocycles. The van der Waals surface area contributed by atoms with E-state index in [0.29, 0.717) is 18.9 Å². The van der Waals surface area contributed by atoms with E-state index in [1.165, 1.54) is 0 Å². The molecular formula is C25H31BrN2O6. The molecule has 1 fully saturated rings. The van der Waals surface area contributed by atoms with E-state index in [-0.39, 0.29) is 18.9 Å². The van der Waals surface area contributed by atoms with Crippen LogP contribution in [-0.4, -0.2) is 49.4 Å². The van der Waals surface area contributed by atoms with Gasteiger partial charge in [-0.1, -0.05) is 54.0 Å². The number of rotatable bonds is 9. The first-order valence-corrected chi connectivity index (χ1v) is 11.9. The highest BCUT2D eigenvalue weighted by molar-refractivity contribution is 9.10. The molecule has 34 heavy (non-hydrogen) atoms. The molecule has 0 aliphatic carbocycles. The molecule has 1 aliphatic rings. The Morgan fingerprint density at radius 2 is 1.82 bits per heavy atom. The molecule has 0 radical (unpaired) electrons. The highest BCUT2D eigenvalue weighted by Gasteiger charge is 2.43. The van der Waals surface area contributed by atoms with Gasteiger partial charge in [-0.25, -0.2) is 0 Å². The van der Waals surface area contributed by atoms with Gasteiger partial charge in [-0.3, -0.25) is 9.59 Å². The SMILES string of the molecule is COc1ccc(C2OCC(C)(C)[C@H](C(=O)NCCC(O)C(=O)NCc3ccc(Br)cc3)O2)cc1. The van der Waals surface area contributed by atoms with Gasteiger partial charge in [0.1, 0.15) is 18.0 Å². The summed E-state index contributed by atoms with van der Waals surface area (Å²) < 4.78 is 18.0. The topological polar surface area (TPSA) is 106 Å². The maximum absolute atomic E-state index is 12.9. The number of halogens is 1. The third-order valence-corrected chi connectivity index (χ3v) is 6.13. The number of aliphatic hydroxyl groups is 1. The van der Waals surface area contributed by atoms with E-state index in [1.54, 1.807) is 19.2 Å². The zero-order valence-corrected chi connectivity index (χ0v) is 21.1. The molecule has 2 aromatic rings. The Kier molecular flexibility index (Phi) is 9.07. The first kappa shape index (κ1) is 26.2. The van der Waals surface area contributed by atoms with Crippen LogP contribution in [0.2, 0.25) is 0 Å².